The lowest BCUT2D eigenvalue weighted by atomic mass is 10.2. The fourth-order valence-corrected chi connectivity index (χ4v) is 1.61. The molecule has 0 aliphatic carbocycles. The van der Waals surface area contributed by atoms with Crippen LogP contribution < -0.4 is 15.6 Å². The Morgan fingerprint density at radius 3 is 2.58 bits per heavy atom. The summed E-state index contributed by atoms with van der Waals surface area (Å²) in [5, 5.41) is 7.78. The summed E-state index contributed by atoms with van der Waals surface area (Å²) in [6.07, 6.45) is 0. The molecule has 2 rings (SSSR count). The maximum absolute atomic E-state index is 11.8. The van der Waals surface area contributed by atoms with Gasteiger partial charge >= 0.3 is 0 Å². The zero-order valence-electron chi connectivity index (χ0n) is 10.5. The Kier molecular flexibility index (Phi) is 4.02. The summed E-state index contributed by atoms with van der Waals surface area (Å²) in [6, 6.07) is 8.28. The molecule has 6 nitrogen and oxygen atoms in total. The van der Waals surface area contributed by atoms with Gasteiger partial charge in [0.1, 0.15) is 5.75 Å². The van der Waals surface area contributed by atoms with E-state index in [-0.39, 0.29) is 18.0 Å². The predicted molar refractivity (Wildman–Crippen MR) is 70.2 cm³/mol. The maximum Gasteiger partial charge on any atom is 0.264 e. The van der Waals surface area contributed by atoms with Crippen molar-refractivity contribution in [2.45, 2.75) is 13.5 Å². The third kappa shape index (κ3) is 3.48. The van der Waals surface area contributed by atoms with Crippen LogP contribution in [0.2, 0.25) is 0 Å². The van der Waals surface area contributed by atoms with Crippen molar-refractivity contribution in [1.29, 1.82) is 0 Å². The normalized spacial score (nSPS) is 10.2. The summed E-state index contributed by atoms with van der Waals surface area (Å²) in [5.41, 5.74) is 0.955. The number of aromatic nitrogens is 2. The molecule has 6 heteroatoms. The summed E-state index contributed by atoms with van der Waals surface area (Å²) in [5.74, 6) is 0.527. The maximum atomic E-state index is 11.8. The first-order chi connectivity index (χ1) is 9.19. The molecule has 1 amide bonds. The average Bonchev–Trinajstić information content (AvgIpc) is 2.83. The molecule has 0 spiro atoms. The number of carbonyl (C=O) groups excluding carboxylic acids is 1. The molecule has 0 aliphatic heterocycles. The molecule has 1 aromatic carbocycles. The number of amides is 1. The topological polar surface area (TPSA) is 87.0 Å². The van der Waals surface area contributed by atoms with Gasteiger partial charge in [0, 0.05) is 11.6 Å². The zero-order chi connectivity index (χ0) is 13.7. The zero-order valence-corrected chi connectivity index (χ0v) is 10.5. The molecule has 2 aromatic rings. The number of H-pyrrole nitrogens is 2. The van der Waals surface area contributed by atoms with Gasteiger partial charge in [-0.05, 0) is 31.2 Å². The SMILES string of the molecule is CCOc1ccc(C(=O)NCc2cc(=O)[nH][nH]2)cc1. The van der Waals surface area contributed by atoms with Gasteiger partial charge in [0.05, 0.1) is 18.8 Å². The third-order valence-corrected chi connectivity index (χ3v) is 2.52. The lowest BCUT2D eigenvalue weighted by molar-refractivity contribution is 0.0950. The lowest BCUT2D eigenvalue weighted by Gasteiger charge is -2.05. The molecule has 19 heavy (non-hydrogen) atoms. The van der Waals surface area contributed by atoms with E-state index < -0.39 is 0 Å². The van der Waals surface area contributed by atoms with Crippen LogP contribution in [0.15, 0.2) is 35.1 Å². The molecule has 100 valence electrons. The Labute approximate surface area is 109 Å². The molecular formula is C13H15N3O3. The summed E-state index contributed by atoms with van der Waals surface area (Å²) < 4.78 is 5.30. The predicted octanol–water partition coefficient (Wildman–Crippen LogP) is 1.03. The van der Waals surface area contributed by atoms with E-state index in [1.165, 1.54) is 6.07 Å². The minimum atomic E-state index is -0.217. The Morgan fingerprint density at radius 1 is 1.26 bits per heavy atom. The van der Waals surface area contributed by atoms with Crippen molar-refractivity contribution >= 4 is 5.91 Å². The molecule has 0 saturated carbocycles. The van der Waals surface area contributed by atoms with Gasteiger partial charge in [0.2, 0.25) is 0 Å². The summed E-state index contributed by atoms with van der Waals surface area (Å²) in [6.45, 7) is 2.76. The molecule has 0 atom stereocenters. The van der Waals surface area contributed by atoms with E-state index in [9.17, 15) is 9.59 Å². The van der Waals surface area contributed by atoms with Crippen LogP contribution in [-0.4, -0.2) is 22.7 Å². The molecule has 0 aliphatic rings. The number of hydrogen-bond acceptors (Lipinski definition) is 3. The van der Waals surface area contributed by atoms with E-state index in [1.54, 1.807) is 24.3 Å². The largest absolute Gasteiger partial charge is 0.494 e. The highest BCUT2D eigenvalue weighted by Crippen LogP contribution is 2.11. The number of hydrogen-bond donors (Lipinski definition) is 3. The van der Waals surface area contributed by atoms with Gasteiger partial charge in [0.15, 0.2) is 0 Å². The highest BCUT2D eigenvalue weighted by Gasteiger charge is 2.06. The van der Waals surface area contributed by atoms with E-state index in [4.69, 9.17) is 4.74 Å². The Balaban J connectivity index is 1.94. The van der Waals surface area contributed by atoms with Crippen molar-refractivity contribution in [3.05, 3.63) is 51.9 Å². The molecule has 0 radical (unpaired) electrons. The fraction of sp³-hybridized carbons (Fsp3) is 0.231. The van der Waals surface area contributed by atoms with Crippen LogP contribution >= 0.6 is 0 Å². The van der Waals surface area contributed by atoms with E-state index in [0.717, 1.165) is 5.75 Å². The van der Waals surface area contributed by atoms with Gasteiger partial charge in [-0.15, -0.1) is 0 Å². The molecule has 0 saturated heterocycles. The second-order valence-corrected chi connectivity index (χ2v) is 3.92. The van der Waals surface area contributed by atoms with Crippen LogP contribution in [0.3, 0.4) is 0 Å². The molecule has 0 fully saturated rings. The fourth-order valence-electron chi connectivity index (χ4n) is 1.61. The van der Waals surface area contributed by atoms with Gasteiger partial charge in [-0.3, -0.25) is 14.7 Å². The second kappa shape index (κ2) is 5.90. The molecular weight excluding hydrogens is 246 g/mol. The number of nitrogens with one attached hydrogen (secondary N) is 3. The Hall–Kier alpha value is -2.50. The number of benzene rings is 1. The van der Waals surface area contributed by atoms with Crippen molar-refractivity contribution in [2.24, 2.45) is 0 Å². The second-order valence-electron chi connectivity index (χ2n) is 3.92. The molecule has 0 unspecified atom stereocenters. The van der Waals surface area contributed by atoms with Crippen LogP contribution in [0.5, 0.6) is 5.75 Å². The van der Waals surface area contributed by atoms with Crippen molar-refractivity contribution in [3.63, 3.8) is 0 Å². The van der Waals surface area contributed by atoms with Crippen LogP contribution in [0.25, 0.3) is 0 Å². The minimum absolute atomic E-state index is 0.204. The highest BCUT2D eigenvalue weighted by molar-refractivity contribution is 5.94. The summed E-state index contributed by atoms with van der Waals surface area (Å²) >= 11 is 0. The number of aromatic amines is 2. The minimum Gasteiger partial charge on any atom is -0.494 e. The van der Waals surface area contributed by atoms with Crippen LogP contribution in [0, 0.1) is 0 Å². The van der Waals surface area contributed by atoms with Gasteiger partial charge in [0.25, 0.3) is 11.5 Å². The van der Waals surface area contributed by atoms with Crippen molar-refractivity contribution in [3.8, 4) is 5.75 Å². The monoisotopic (exact) mass is 261 g/mol. The van der Waals surface area contributed by atoms with Crippen molar-refractivity contribution < 1.29 is 9.53 Å². The van der Waals surface area contributed by atoms with Crippen molar-refractivity contribution in [2.75, 3.05) is 6.61 Å². The highest BCUT2D eigenvalue weighted by atomic mass is 16.5. The molecule has 0 bridgehead atoms. The lowest BCUT2D eigenvalue weighted by Crippen LogP contribution is -2.22. The molecule has 1 aromatic heterocycles. The quantitative estimate of drug-likeness (QED) is 0.751. The Bertz CT molecular complexity index is 598. The standard InChI is InChI=1S/C13H15N3O3/c1-2-19-11-5-3-9(4-6-11)13(18)14-8-10-7-12(17)16-15-10/h3-7H,2,8H2,1H3,(H,14,18)(H2,15,16,17). The van der Waals surface area contributed by atoms with Gasteiger partial charge in [-0.1, -0.05) is 0 Å². The Morgan fingerprint density at radius 2 is 2.00 bits per heavy atom. The van der Waals surface area contributed by atoms with Crippen LogP contribution in [-0.2, 0) is 6.54 Å². The van der Waals surface area contributed by atoms with Gasteiger partial charge < -0.3 is 15.2 Å². The van der Waals surface area contributed by atoms with E-state index in [0.29, 0.717) is 17.9 Å². The van der Waals surface area contributed by atoms with Crippen LogP contribution in [0.1, 0.15) is 23.0 Å². The summed E-state index contributed by atoms with van der Waals surface area (Å²) in [4.78, 5) is 22.7. The van der Waals surface area contributed by atoms with E-state index in [1.807, 2.05) is 6.92 Å². The molecule has 1 heterocycles. The number of carbonyl (C=O) groups is 1. The van der Waals surface area contributed by atoms with E-state index >= 15 is 0 Å². The first-order valence-corrected chi connectivity index (χ1v) is 5.96. The van der Waals surface area contributed by atoms with Gasteiger partial charge in [-0.25, -0.2) is 0 Å². The summed E-state index contributed by atoms with van der Waals surface area (Å²) in [7, 11) is 0. The number of rotatable bonds is 5. The van der Waals surface area contributed by atoms with Crippen molar-refractivity contribution in [1.82, 2.24) is 15.5 Å². The third-order valence-electron chi connectivity index (χ3n) is 2.52. The smallest absolute Gasteiger partial charge is 0.264 e. The first kappa shape index (κ1) is 12.9. The number of ether oxygens (including phenoxy) is 1. The molecule has 3 N–H and O–H groups in total. The van der Waals surface area contributed by atoms with Crippen LogP contribution in [0.4, 0.5) is 0 Å². The average molecular weight is 261 g/mol. The first-order valence-electron chi connectivity index (χ1n) is 5.96. The van der Waals surface area contributed by atoms with E-state index in [2.05, 4.69) is 15.5 Å². The van der Waals surface area contributed by atoms with Gasteiger partial charge in [-0.2, -0.15) is 0 Å².